The lowest BCUT2D eigenvalue weighted by Crippen LogP contribution is -2.64. The molecular weight excluding hydrogens is 290 g/mol. The standard InChI is InChI=1S/C15H19NO6/c17-8-10-13(19)14(20)12(15(21)22-10)16-11(18)7-6-9-4-2-1-3-5-9/h1-7,10,12-15,17,19-21H,8H2,(H,16,18)/b7-6+/t10-,12-,13-,14-,15?/m1/s1. The second-order valence-electron chi connectivity index (χ2n) is 5.01. The summed E-state index contributed by atoms with van der Waals surface area (Å²) >= 11 is 0. The van der Waals surface area contributed by atoms with Gasteiger partial charge in [0.2, 0.25) is 5.91 Å². The normalized spacial score (nSPS) is 32.1. The summed E-state index contributed by atoms with van der Waals surface area (Å²) in [5.41, 5.74) is 0.819. The molecule has 1 amide bonds. The molecule has 1 saturated heterocycles. The monoisotopic (exact) mass is 309 g/mol. The minimum absolute atomic E-state index is 0.551. The van der Waals surface area contributed by atoms with Crippen molar-refractivity contribution in [3.8, 4) is 0 Å². The molecule has 0 aromatic heterocycles. The van der Waals surface area contributed by atoms with Gasteiger partial charge in [-0.1, -0.05) is 30.3 Å². The van der Waals surface area contributed by atoms with E-state index < -0.39 is 43.2 Å². The van der Waals surface area contributed by atoms with Crippen molar-refractivity contribution in [2.24, 2.45) is 0 Å². The molecule has 0 aliphatic carbocycles. The number of carbonyl (C=O) groups is 1. The van der Waals surface area contributed by atoms with Crippen LogP contribution in [0.1, 0.15) is 5.56 Å². The van der Waals surface area contributed by atoms with Gasteiger partial charge < -0.3 is 30.5 Å². The number of benzene rings is 1. The quantitative estimate of drug-likeness (QED) is 0.437. The molecule has 5 N–H and O–H groups in total. The fraction of sp³-hybridized carbons (Fsp3) is 0.400. The average molecular weight is 309 g/mol. The second kappa shape index (κ2) is 7.48. The molecule has 0 bridgehead atoms. The molecule has 1 aliphatic heterocycles. The van der Waals surface area contributed by atoms with E-state index in [9.17, 15) is 20.1 Å². The lowest BCUT2D eigenvalue weighted by Gasteiger charge is -2.40. The summed E-state index contributed by atoms with van der Waals surface area (Å²) in [4.78, 5) is 11.8. The van der Waals surface area contributed by atoms with Gasteiger partial charge in [0.15, 0.2) is 6.29 Å². The van der Waals surface area contributed by atoms with Gasteiger partial charge in [0.1, 0.15) is 24.4 Å². The van der Waals surface area contributed by atoms with Gasteiger partial charge in [-0.15, -0.1) is 0 Å². The Balaban J connectivity index is 1.97. The minimum Gasteiger partial charge on any atom is -0.394 e. The molecule has 0 saturated carbocycles. The number of carbonyl (C=O) groups excluding carboxylic acids is 1. The number of nitrogens with one attached hydrogen (secondary N) is 1. The van der Waals surface area contributed by atoms with Crippen molar-refractivity contribution in [1.82, 2.24) is 5.32 Å². The van der Waals surface area contributed by atoms with E-state index in [1.54, 1.807) is 6.08 Å². The summed E-state index contributed by atoms with van der Waals surface area (Å²) in [6, 6.07) is 7.93. The van der Waals surface area contributed by atoms with Gasteiger partial charge in [-0.2, -0.15) is 0 Å². The second-order valence-corrected chi connectivity index (χ2v) is 5.01. The van der Waals surface area contributed by atoms with Crippen LogP contribution >= 0.6 is 0 Å². The summed E-state index contributed by atoms with van der Waals surface area (Å²) in [5.74, 6) is -0.551. The summed E-state index contributed by atoms with van der Waals surface area (Å²) in [6.07, 6.45) is -2.65. The Morgan fingerprint density at radius 2 is 1.86 bits per heavy atom. The van der Waals surface area contributed by atoms with Gasteiger partial charge in [-0.05, 0) is 11.6 Å². The predicted octanol–water partition coefficient (Wildman–Crippen LogP) is -1.38. The molecule has 1 aromatic carbocycles. The van der Waals surface area contributed by atoms with Gasteiger partial charge in [0.05, 0.1) is 6.61 Å². The zero-order chi connectivity index (χ0) is 16.1. The molecule has 1 fully saturated rings. The molecule has 2 rings (SSSR count). The third kappa shape index (κ3) is 3.90. The largest absolute Gasteiger partial charge is 0.394 e. The minimum atomic E-state index is -1.52. The molecule has 1 aliphatic rings. The first-order chi connectivity index (χ1) is 10.5. The van der Waals surface area contributed by atoms with Crippen molar-refractivity contribution in [3.63, 3.8) is 0 Å². The Kier molecular flexibility index (Phi) is 5.64. The molecule has 7 nitrogen and oxygen atoms in total. The van der Waals surface area contributed by atoms with Crippen LogP contribution in [-0.4, -0.2) is 63.6 Å². The molecule has 1 heterocycles. The summed E-state index contributed by atoms with van der Waals surface area (Å²) < 4.78 is 4.95. The van der Waals surface area contributed by atoms with Gasteiger partial charge in [0, 0.05) is 6.08 Å². The fourth-order valence-corrected chi connectivity index (χ4v) is 2.20. The molecule has 22 heavy (non-hydrogen) atoms. The van der Waals surface area contributed by atoms with E-state index in [0.29, 0.717) is 0 Å². The van der Waals surface area contributed by atoms with Crippen molar-refractivity contribution < 1.29 is 30.0 Å². The molecule has 120 valence electrons. The van der Waals surface area contributed by atoms with Gasteiger partial charge in [-0.25, -0.2) is 0 Å². The van der Waals surface area contributed by atoms with Crippen molar-refractivity contribution in [2.75, 3.05) is 6.61 Å². The molecule has 0 radical (unpaired) electrons. The first-order valence-electron chi connectivity index (χ1n) is 6.87. The molecule has 1 unspecified atom stereocenters. The number of aliphatic hydroxyl groups excluding tert-OH is 4. The Morgan fingerprint density at radius 1 is 1.18 bits per heavy atom. The van der Waals surface area contributed by atoms with E-state index in [2.05, 4.69) is 5.32 Å². The van der Waals surface area contributed by atoms with Crippen LogP contribution in [-0.2, 0) is 9.53 Å². The van der Waals surface area contributed by atoms with E-state index in [-0.39, 0.29) is 0 Å². The Hall–Kier alpha value is -1.77. The maximum atomic E-state index is 11.8. The number of aliphatic hydroxyl groups is 4. The highest BCUT2D eigenvalue weighted by Gasteiger charge is 2.44. The smallest absolute Gasteiger partial charge is 0.244 e. The maximum absolute atomic E-state index is 11.8. The van der Waals surface area contributed by atoms with Crippen LogP contribution in [0.2, 0.25) is 0 Å². The van der Waals surface area contributed by atoms with Crippen LogP contribution in [0.4, 0.5) is 0 Å². The van der Waals surface area contributed by atoms with E-state index in [0.717, 1.165) is 5.56 Å². The Morgan fingerprint density at radius 3 is 2.50 bits per heavy atom. The van der Waals surface area contributed by atoms with Gasteiger partial charge in [-0.3, -0.25) is 4.79 Å². The van der Waals surface area contributed by atoms with E-state index in [4.69, 9.17) is 9.84 Å². The lowest BCUT2D eigenvalue weighted by molar-refractivity contribution is -0.253. The maximum Gasteiger partial charge on any atom is 0.244 e. The van der Waals surface area contributed by atoms with E-state index >= 15 is 0 Å². The third-order valence-corrected chi connectivity index (χ3v) is 3.44. The third-order valence-electron chi connectivity index (χ3n) is 3.44. The van der Waals surface area contributed by atoms with Crippen LogP contribution in [0, 0.1) is 0 Å². The highest BCUT2D eigenvalue weighted by Crippen LogP contribution is 2.19. The predicted molar refractivity (Wildman–Crippen MR) is 77.4 cm³/mol. The summed E-state index contributed by atoms with van der Waals surface area (Å²) in [6.45, 7) is -0.552. The SMILES string of the molecule is O=C(/C=C/c1ccccc1)N[C@H]1C(O)O[C@H](CO)[C@@H](O)[C@@H]1O. The van der Waals surface area contributed by atoms with Gasteiger partial charge in [0.25, 0.3) is 0 Å². The Labute approximate surface area is 127 Å². The highest BCUT2D eigenvalue weighted by atomic mass is 16.6. The van der Waals surface area contributed by atoms with Gasteiger partial charge >= 0.3 is 0 Å². The highest BCUT2D eigenvalue weighted by molar-refractivity contribution is 5.92. The zero-order valence-electron chi connectivity index (χ0n) is 11.7. The first kappa shape index (κ1) is 16.6. The molecule has 1 aromatic rings. The van der Waals surface area contributed by atoms with Crippen molar-refractivity contribution in [2.45, 2.75) is 30.6 Å². The van der Waals surface area contributed by atoms with Crippen molar-refractivity contribution in [3.05, 3.63) is 42.0 Å². The number of amides is 1. The number of ether oxygens (including phenoxy) is 1. The number of hydrogen-bond acceptors (Lipinski definition) is 6. The number of hydrogen-bond donors (Lipinski definition) is 5. The Bertz CT molecular complexity index is 520. The molecule has 5 atom stereocenters. The average Bonchev–Trinajstić information content (AvgIpc) is 2.54. The number of rotatable bonds is 4. The summed E-state index contributed by atoms with van der Waals surface area (Å²) in [5, 5.41) is 40.7. The lowest BCUT2D eigenvalue weighted by atomic mass is 9.97. The van der Waals surface area contributed by atoms with Crippen LogP contribution in [0.25, 0.3) is 6.08 Å². The summed E-state index contributed by atoms with van der Waals surface area (Å²) in [7, 11) is 0. The van der Waals surface area contributed by atoms with Crippen LogP contribution in [0.5, 0.6) is 0 Å². The first-order valence-corrected chi connectivity index (χ1v) is 6.87. The van der Waals surface area contributed by atoms with Crippen LogP contribution in [0.3, 0.4) is 0 Å². The topological polar surface area (TPSA) is 119 Å². The fourth-order valence-electron chi connectivity index (χ4n) is 2.20. The van der Waals surface area contributed by atoms with Crippen molar-refractivity contribution in [1.29, 1.82) is 0 Å². The van der Waals surface area contributed by atoms with E-state index in [1.807, 2.05) is 30.3 Å². The molecule has 7 heteroatoms. The van der Waals surface area contributed by atoms with Crippen LogP contribution in [0.15, 0.2) is 36.4 Å². The van der Waals surface area contributed by atoms with Crippen molar-refractivity contribution >= 4 is 12.0 Å². The molecule has 0 spiro atoms. The van der Waals surface area contributed by atoms with E-state index in [1.165, 1.54) is 6.08 Å². The van der Waals surface area contributed by atoms with Crippen LogP contribution < -0.4 is 5.32 Å². The molecular formula is C15H19NO6. The zero-order valence-corrected chi connectivity index (χ0v) is 11.7.